The molecule has 0 fully saturated rings. The van der Waals surface area contributed by atoms with Gasteiger partial charge < -0.3 is 0 Å². The molecule has 2 aromatic rings. The largest absolute Gasteiger partial charge is 0.207 e. The summed E-state index contributed by atoms with van der Waals surface area (Å²) in [6, 6.07) is 13.7. The Balaban J connectivity index is 1.97. The van der Waals surface area contributed by atoms with E-state index in [-0.39, 0.29) is 11.6 Å². The predicted octanol–water partition coefficient (Wildman–Crippen LogP) is 6.04. The fourth-order valence-electron chi connectivity index (χ4n) is 2.70. The molecule has 3 heteroatoms. The van der Waals surface area contributed by atoms with Crippen molar-refractivity contribution in [2.24, 2.45) is 0 Å². The van der Waals surface area contributed by atoms with E-state index in [4.69, 9.17) is 0 Å². The third-order valence-corrected chi connectivity index (χ3v) is 5.77. The van der Waals surface area contributed by atoms with Gasteiger partial charge in [0.05, 0.1) is 0 Å². The molecule has 124 valence electrons. The van der Waals surface area contributed by atoms with Crippen LogP contribution < -0.4 is 0 Å². The zero-order chi connectivity index (χ0) is 16.7. The molecule has 0 saturated carbocycles. The van der Waals surface area contributed by atoms with Crippen LogP contribution in [0.2, 0.25) is 0 Å². The first kappa shape index (κ1) is 18.0. The van der Waals surface area contributed by atoms with Crippen molar-refractivity contribution in [2.45, 2.75) is 50.0 Å². The fraction of sp³-hybridized carbons (Fsp3) is 0.400. The zero-order valence-electron chi connectivity index (χ0n) is 13.8. The van der Waals surface area contributed by atoms with Gasteiger partial charge in [-0.05, 0) is 61.1 Å². The maximum Gasteiger partial charge on any atom is 0.123 e. The normalized spacial score (nSPS) is 13.7. The average Bonchev–Trinajstić information content (AvgIpc) is 2.53. The second-order valence-electron chi connectivity index (χ2n) is 5.86. The highest BCUT2D eigenvalue weighted by Gasteiger charge is 2.16. The summed E-state index contributed by atoms with van der Waals surface area (Å²) in [4.78, 5) is 0. The highest BCUT2D eigenvalue weighted by Crippen LogP contribution is 2.28. The van der Waals surface area contributed by atoms with E-state index < -0.39 is 0 Å². The molecule has 0 heterocycles. The van der Waals surface area contributed by atoms with Gasteiger partial charge in [0.15, 0.2) is 0 Å². The maximum absolute atomic E-state index is 13.3. The van der Waals surface area contributed by atoms with Crippen molar-refractivity contribution in [3.63, 3.8) is 0 Å². The molecule has 0 N–H and O–H groups in total. The third-order valence-electron chi connectivity index (χ3n) is 4.00. The summed E-state index contributed by atoms with van der Waals surface area (Å²) in [5.74, 6) is -0.344. The SMILES string of the molecule is CCC(Cc1cccc(F)c1)SC(CC)Cc1cccc(F)c1. The van der Waals surface area contributed by atoms with Crippen molar-refractivity contribution in [3.8, 4) is 0 Å². The molecule has 0 bridgehead atoms. The van der Waals surface area contributed by atoms with E-state index in [1.54, 1.807) is 24.3 Å². The van der Waals surface area contributed by atoms with E-state index in [0.29, 0.717) is 10.5 Å². The lowest BCUT2D eigenvalue weighted by Gasteiger charge is -2.22. The second kappa shape index (κ2) is 9.07. The molecule has 0 spiro atoms. The van der Waals surface area contributed by atoms with Gasteiger partial charge in [0.25, 0.3) is 0 Å². The molecule has 2 rings (SSSR count). The molecule has 0 radical (unpaired) electrons. The standard InChI is InChI=1S/C20H24F2S/c1-3-19(13-15-7-5-9-17(21)11-15)23-20(4-2)14-16-8-6-10-18(22)12-16/h5-12,19-20H,3-4,13-14H2,1-2H3. The first-order valence-electron chi connectivity index (χ1n) is 8.25. The summed E-state index contributed by atoms with van der Waals surface area (Å²) in [7, 11) is 0. The molecule has 0 aliphatic rings. The first-order valence-corrected chi connectivity index (χ1v) is 9.19. The number of rotatable bonds is 8. The lowest BCUT2D eigenvalue weighted by atomic mass is 10.1. The summed E-state index contributed by atoms with van der Waals surface area (Å²) >= 11 is 1.95. The maximum atomic E-state index is 13.3. The van der Waals surface area contributed by atoms with Crippen LogP contribution in [0.5, 0.6) is 0 Å². The van der Waals surface area contributed by atoms with Crippen molar-refractivity contribution in [3.05, 3.63) is 71.3 Å². The van der Waals surface area contributed by atoms with Crippen molar-refractivity contribution in [1.29, 1.82) is 0 Å². The van der Waals surface area contributed by atoms with Gasteiger partial charge in [0.2, 0.25) is 0 Å². The third kappa shape index (κ3) is 5.98. The van der Waals surface area contributed by atoms with Gasteiger partial charge in [-0.1, -0.05) is 38.1 Å². The minimum absolute atomic E-state index is 0.172. The Morgan fingerprint density at radius 1 is 0.783 bits per heavy atom. The minimum atomic E-state index is -0.172. The lowest BCUT2D eigenvalue weighted by Crippen LogP contribution is -2.15. The molecular formula is C20H24F2S. The molecule has 0 aliphatic heterocycles. The quantitative estimate of drug-likeness (QED) is 0.567. The lowest BCUT2D eigenvalue weighted by molar-refractivity contribution is 0.624. The topological polar surface area (TPSA) is 0 Å². The van der Waals surface area contributed by atoms with Crippen molar-refractivity contribution < 1.29 is 8.78 Å². The van der Waals surface area contributed by atoms with Crippen LogP contribution >= 0.6 is 11.8 Å². The average molecular weight is 334 g/mol. The molecule has 0 saturated heterocycles. The molecule has 0 aliphatic carbocycles. The van der Waals surface area contributed by atoms with Gasteiger partial charge in [-0.2, -0.15) is 11.8 Å². The van der Waals surface area contributed by atoms with Crippen LogP contribution in [0.25, 0.3) is 0 Å². The van der Waals surface area contributed by atoms with Crippen LogP contribution in [-0.2, 0) is 12.8 Å². The monoisotopic (exact) mass is 334 g/mol. The Kier molecular flexibility index (Phi) is 7.10. The Morgan fingerprint density at radius 2 is 1.22 bits per heavy atom. The van der Waals surface area contributed by atoms with Gasteiger partial charge in [0.1, 0.15) is 11.6 Å². The van der Waals surface area contributed by atoms with Gasteiger partial charge >= 0.3 is 0 Å². The van der Waals surface area contributed by atoms with Crippen LogP contribution in [0.4, 0.5) is 8.78 Å². The summed E-state index contributed by atoms with van der Waals surface area (Å²) in [6.07, 6.45) is 3.83. The molecule has 23 heavy (non-hydrogen) atoms. The first-order chi connectivity index (χ1) is 11.1. The summed E-state index contributed by atoms with van der Waals surface area (Å²) in [6.45, 7) is 4.34. The van der Waals surface area contributed by atoms with Crippen molar-refractivity contribution in [2.75, 3.05) is 0 Å². The van der Waals surface area contributed by atoms with E-state index in [0.717, 1.165) is 36.8 Å². The molecular weight excluding hydrogens is 310 g/mol. The summed E-state index contributed by atoms with van der Waals surface area (Å²) < 4.78 is 26.7. The molecule has 0 nitrogen and oxygen atoms in total. The second-order valence-corrected chi connectivity index (χ2v) is 7.47. The van der Waals surface area contributed by atoms with E-state index >= 15 is 0 Å². The Hall–Kier alpha value is -1.35. The molecule has 2 atom stereocenters. The number of benzene rings is 2. The van der Waals surface area contributed by atoms with E-state index in [1.807, 2.05) is 23.9 Å². The molecule has 2 aromatic carbocycles. The number of halogens is 2. The smallest absolute Gasteiger partial charge is 0.123 e. The van der Waals surface area contributed by atoms with Crippen LogP contribution in [0.15, 0.2) is 48.5 Å². The number of thioether (sulfide) groups is 1. The predicted molar refractivity (Wildman–Crippen MR) is 96.0 cm³/mol. The van der Waals surface area contributed by atoms with Crippen LogP contribution in [0.3, 0.4) is 0 Å². The molecule has 0 aromatic heterocycles. The van der Waals surface area contributed by atoms with E-state index in [2.05, 4.69) is 13.8 Å². The van der Waals surface area contributed by atoms with Crippen LogP contribution in [0, 0.1) is 11.6 Å². The fourth-order valence-corrected chi connectivity index (χ4v) is 4.21. The highest BCUT2D eigenvalue weighted by molar-refractivity contribution is 8.00. The Morgan fingerprint density at radius 3 is 1.57 bits per heavy atom. The van der Waals surface area contributed by atoms with Gasteiger partial charge in [0, 0.05) is 10.5 Å². The highest BCUT2D eigenvalue weighted by atomic mass is 32.2. The Bertz CT molecular complexity index is 559. The van der Waals surface area contributed by atoms with Crippen LogP contribution in [-0.4, -0.2) is 10.5 Å². The van der Waals surface area contributed by atoms with Gasteiger partial charge in [-0.25, -0.2) is 8.78 Å². The van der Waals surface area contributed by atoms with E-state index in [1.165, 1.54) is 12.1 Å². The number of hydrogen-bond donors (Lipinski definition) is 0. The number of hydrogen-bond acceptors (Lipinski definition) is 1. The van der Waals surface area contributed by atoms with Gasteiger partial charge in [-0.15, -0.1) is 0 Å². The minimum Gasteiger partial charge on any atom is -0.207 e. The zero-order valence-corrected chi connectivity index (χ0v) is 14.6. The summed E-state index contributed by atoms with van der Waals surface area (Å²) in [5.41, 5.74) is 2.09. The van der Waals surface area contributed by atoms with Gasteiger partial charge in [-0.3, -0.25) is 0 Å². The van der Waals surface area contributed by atoms with Crippen molar-refractivity contribution >= 4 is 11.8 Å². The Labute approximate surface area is 142 Å². The van der Waals surface area contributed by atoms with Crippen molar-refractivity contribution in [1.82, 2.24) is 0 Å². The summed E-state index contributed by atoms with van der Waals surface area (Å²) in [5, 5.41) is 0.908. The molecule has 2 unspecified atom stereocenters. The molecule has 0 amide bonds. The van der Waals surface area contributed by atoms with E-state index in [9.17, 15) is 8.78 Å². The van der Waals surface area contributed by atoms with Crippen LogP contribution in [0.1, 0.15) is 37.8 Å².